The molecule has 0 aliphatic rings. The van der Waals surface area contributed by atoms with Gasteiger partial charge in [-0.05, 0) is 31.7 Å². The van der Waals surface area contributed by atoms with E-state index in [9.17, 15) is 4.39 Å². The summed E-state index contributed by atoms with van der Waals surface area (Å²) in [5.74, 6) is -0.0490. The van der Waals surface area contributed by atoms with Gasteiger partial charge in [0.15, 0.2) is 11.6 Å². The van der Waals surface area contributed by atoms with Crippen molar-refractivity contribution in [3.8, 4) is 5.75 Å². The molecule has 4 heteroatoms. The highest BCUT2D eigenvalue weighted by atomic mass is 19.1. The van der Waals surface area contributed by atoms with E-state index in [1.165, 1.54) is 13.2 Å². The molecule has 0 saturated heterocycles. The van der Waals surface area contributed by atoms with Crippen LogP contribution in [0.25, 0.3) is 0 Å². The SMILES string of the molecule is COc1ccc(CN(C)C(C)CN)cc1F. The number of rotatable bonds is 5. The zero-order valence-corrected chi connectivity index (χ0v) is 10.0. The fourth-order valence-corrected chi connectivity index (χ4v) is 1.43. The van der Waals surface area contributed by atoms with Gasteiger partial charge in [-0.2, -0.15) is 0 Å². The fourth-order valence-electron chi connectivity index (χ4n) is 1.43. The Bertz CT molecular complexity index is 344. The third kappa shape index (κ3) is 3.18. The maximum atomic E-state index is 13.4. The minimum Gasteiger partial charge on any atom is -0.494 e. The van der Waals surface area contributed by atoms with E-state index in [0.717, 1.165) is 5.56 Å². The average Bonchev–Trinajstić information content (AvgIpc) is 2.28. The van der Waals surface area contributed by atoms with Crippen molar-refractivity contribution in [2.75, 3.05) is 20.7 Å². The van der Waals surface area contributed by atoms with Crippen molar-refractivity contribution in [2.24, 2.45) is 5.73 Å². The van der Waals surface area contributed by atoms with E-state index < -0.39 is 0 Å². The molecule has 0 radical (unpaired) electrons. The van der Waals surface area contributed by atoms with Gasteiger partial charge >= 0.3 is 0 Å². The lowest BCUT2D eigenvalue weighted by atomic mass is 10.2. The van der Waals surface area contributed by atoms with Gasteiger partial charge in [0.1, 0.15) is 0 Å². The monoisotopic (exact) mass is 226 g/mol. The predicted octanol–water partition coefficient (Wildman–Crippen LogP) is 1.61. The number of hydrogen-bond acceptors (Lipinski definition) is 3. The van der Waals surface area contributed by atoms with Crippen molar-refractivity contribution in [2.45, 2.75) is 19.5 Å². The summed E-state index contributed by atoms with van der Waals surface area (Å²) in [6, 6.07) is 5.29. The first-order valence-corrected chi connectivity index (χ1v) is 5.31. The number of benzene rings is 1. The third-order valence-electron chi connectivity index (χ3n) is 2.74. The quantitative estimate of drug-likeness (QED) is 0.829. The van der Waals surface area contributed by atoms with E-state index in [4.69, 9.17) is 10.5 Å². The molecule has 0 aromatic heterocycles. The van der Waals surface area contributed by atoms with Gasteiger partial charge in [0.05, 0.1) is 7.11 Å². The second-order valence-corrected chi connectivity index (χ2v) is 3.97. The smallest absolute Gasteiger partial charge is 0.165 e. The highest BCUT2D eigenvalue weighted by Crippen LogP contribution is 2.18. The van der Waals surface area contributed by atoms with Crippen molar-refractivity contribution in [3.05, 3.63) is 29.6 Å². The zero-order chi connectivity index (χ0) is 12.1. The van der Waals surface area contributed by atoms with Crippen molar-refractivity contribution >= 4 is 0 Å². The molecule has 1 aromatic rings. The molecule has 0 heterocycles. The van der Waals surface area contributed by atoms with Crippen LogP contribution in [0.5, 0.6) is 5.75 Å². The number of methoxy groups -OCH3 is 1. The Labute approximate surface area is 96.0 Å². The normalized spacial score (nSPS) is 12.9. The molecule has 90 valence electrons. The lowest BCUT2D eigenvalue weighted by Gasteiger charge is -2.23. The lowest BCUT2D eigenvalue weighted by Crippen LogP contribution is -2.34. The van der Waals surface area contributed by atoms with E-state index in [0.29, 0.717) is 13.1 Å². The number of hydrogen-bond donors (Lipinski definition) is 1. The second kappa shape index (κ2) is 5.82. The van der Waals surface area contributed by atoms with Crippen molar-refractivity contribution in [1.29, 1.82) is 0 Å². The second-order valence-electron chi connectivity index (χ2n) is 3.97. The minimum absolute atomic E-state index is 0.276. The fraction of sp³-hybridized carbons (Fsp3) is 0.500. The first-order chi connectivity index (χ1) is 7.58. The van der Waals surface area contributed by atoms with Gasteiger partial charge in [-0.1, -0.05) is 6.07 Å². The van der Waals surface area contributed by atoms with Crippen LogP contribution in [0.15, 0.2) is 18.2 Å². The maximum Gasteiger partial charge on any atom is 0.165 e. The number of nitrogens with zero attached hydrogens (tertiary/aromatic N) is 1. The van der Waals surface area contributed by atoms with Crippen LogP contribution >= 0.6 is 0 Å². The summed E-state index contributed by atoms with van der Waals surface area (Å²) in [4.78, 5) is 2.08. The Balaban J connectivity index is 2.71. The topological polar surface area (TPSA) is 38.5 Å². The number of halogens is 1. The summed E-state index contributed by atoms with van der Waals surface area (Å²) in [6.07, 6.45) is 0. The van der Waals surface area contributed by atoms with Crippen molar-refractivity contribution in [1.82, 2.24) is 4.90 Å². The maximum absolute atomic E-state index is 13.4. The van der Waals surface area contributed by atoms with Gasteiger partial charge in [-0.15, -0.1) is 0 Å². The standard InChI is InChI=1S/C12H19FN2O/c1-9(7-14)15(2)8-10-4-5-12(16-3)11(13)6-10/h4-6,9H,7-8,14H2,1-3H3. The van der Waals surface area contributed by atoms with Gasteiger partial charge < -0.3 is 10.5 Å². The molecule has 2 N–H and O–H groups in total. The van der Waals surface area contributed by atoms with Crippen molar-refractivity contribution < 1.29 is 9.13 Å². The lowest BCUT2D eigenvalue weighted by molar-refractivity contribution is 0.254. The summed E-state index contributed by atoms with van der Waals surface area (Å²) < 4.78 is 18.3. The Hall–Kier alpha value is -1.13. The first-order valence-electron chi connectivity index (χ1n) is 5.31. The predicted molar refractivity (Wildman–Crippen MR) is 62.9 cm³/mol. The molecular weight excluding hydrogens is 207 g/mol. The van der Waals surface area contributed by atoms with Crippen LogP contribution in [0.4, 0.5) is 4.39 Å². The van der Waals surface area contributed by atoms with Gasteiger partial charge in [0, 0.05) is 19.1 Å². The van der Waals surface area contributed by atoms with Crippen LogP contribution in [-0.2, 0) is 6.54 Å². The number of ether oxygens (including phenoxy) is 1. The molecule has 1 rings (SSSR count). The molecule has 0 aliphatic carbocycles. The molecule has 0 saturated carbocycles. The molecule has 3 nitrogen and oxygen atoms in total. The summed E-state index contributed by atoms with van der Waals surface area (Å²) >= 11 is 0. The van der Waals surface area contributed by atoms with Crippen LogP contribution in [-0.4, -0.2) is 31.6 Å². The van der Waals surface area contributed by atoms with Gasteiger partial charge in [-0.25, -0.2) is 4.39 Å². The molecule has 1 unspecified atom stereocenters. The molecule has 1 aromatic carbocycles. The third-order valence-corrected chi connectivity index (χ3v) is 2.74. The van der Waals surface area contributed by atoms with E-state index in [1.54, 1.807) is 6.07 Å². The Morgan fingerprint density at radius 1 is 1.50 bits per heavy atom. The molecule has 0 fully saturated rings. The molecule has 1 atom stereocenters. The van der Waals surface area contributed by atoms with Crippen LogP contribution < -0.4 is 10.5 Å². The molecule has 16 heavy (non-hydrogen) atoms. The highest BCUT2D eigenvalue weighted by molar-refractivity contribution is 5.29. The number of likely N-dealkylation sites (N-methyl/N-ethyl adjacent to an activating group) is 1. The Kier molecular flexibility index (Phi) is 4.71. The molecule has 0 aliphatic heterocycles. The van der Waals surface area contributed by atoms with Crippen molar-refractivity contribution in [3.63, 3.8) is 0 Å². The Morgan fingerprint density at radius 3 is 2.69 bits per heavy atom. The Morgan fingerprint density at radius 2 is 2.19 bits per heavy atom. The number of nitrogens with two attached hydrogens (primary N) is 1. The summed E-state index contributed by atoms with van der Waals surface area (Å²) in [7, 11) is 3.43. The van der Waals surface area contributed by atoms with Crippen LogP contribution in [0.3, 0.4) is 0 Å². The zero-order valence-electron chi connectivity index (χ0n) is 10.0. The summed E-state index contributed by atoms with van der Waals surface area (Å²) in [5, 5.41) is 0. The largest absolute Gasteiger partial charge is 0.494 e. The van der Waals surface area contributed by atoms with E-state index in [1.807, 2.05) is 20.0 Å². The molecule has 0 amide bonds. The van der Waals surface area contributed by atoms with E-state index in [-0.39, 0.29) is 17.6 Å². The van der Waals surface area contributed by atoms with E-state index in [2.05, 4.69) is 4.90 Å². The van der Waals surface area contributed by atoms with Gasteiger partial charge in [0.25, 0.3) is 0 Å². The molecule has 0 bridgehead atoms. The highest BCUT2D eigenvalue weighted by Gasteiger charge is 2.09. The minimum atomic E-state index is -0.325. The summed E-state index contributed by atoms with van der Waals surface area (Å²) in [5.41, 5.74) is 6.48. The van der Waals surface area contributed by atoms with Crippen LogP contribution in [0, 0.1) is 5.82 Å². The molecule has 0 spiro atoms. The van der Waals surface area contributed by atoms with Gasteiger partial charge in [-0.3, -0.25) is 4.90 Å². The van der Waals surface area contributed by atoms with E-state index >= 15 is 0 Å². The van der Waals surface area contributed by atoms with Crippen LogP contribution in [0.1, 0.15) is 12.5 Å². The first kappa shape index (κ1) is 12.9. The average molecular weight is 226 g/mol. The van der Waals surface area contributed by atoms with Gasteiger partial charge in [0.2, 0.25) is 0 Å². The summed E-state index contributed by atoms with van der Waals surface area (Å²) in [6.45, 7) is 3.31. The van der Waals surface area contributed by atoms with Crippen LogP contribution in [0.2, 0.25) is 0 Å². The molecular formula is C12H19FN2O.